The lowest BCUT2D eigenvalue weighted by molar-refractivity contribution is 0.0971. The van der Waals surface area contributed by atoms with Crippen LogP contribution in [0.4, 0.5) is 10.1 Å². The summed E-state index contributed by atoms with van der Waals surface area (Å²) in [5.41, 5.74) is 1.49. The zero-order valence-corrected chi connectivity index (χ0v) is 18.6. The van der Waals surface area contributed by atoms with Crippen LogP contribution in [0.5, 0.6) is 5.75 Å². The molecule has 1 aliphatic heterocycles. The number of benzene rings is 3. The van der Waals surface area contributed by atoms with Crippen LogP contribution in [-0.4, -0.2) is 12.5 Å². The second-order valence-corrected chi connectivity index (χ2v) is 8.29. The standard InChI is InChI=1S/C25H17BrFNO4/c1-2-31-18-10-3-14(4-11-18)22-21-23(29)19-13-15(26)5-12-20(19)32-24(21)25(30)28(22)17-8-6-16(27)7-9-17/h3-13,22H,2H2,1H3. The van der Waals surface area contributed by atoms with Gasteiger partial charge in [-0.2, -0.15) is 0 Å². The third kappa shape index (κ3) is 3.29. The average Bonchev–Trinajstić information content (AvgIpc) is 3.08. The van der Waals surface area contributed by atoms with Gasteiger partial charge in [-0.3, -0.25) is 14.5 Å². The number of carbonyl (C=O) groups is 1. The van der Waals surface area contributed by atoms with E-state index in [9.17, 15) is 14.0 Å². The average molecular weight is 494 g/mol. The van der Waals surface area contributed by atoms with Gasteiger partial charge in [0.1, 0.15) is 17.1 Å². The molecule has 1 amide bonds. The summed E-state index contributed by atoms with van der Waals surface area (Å²) in [6, 6.07) is 17.2. The Kier molecular flexibility index (Phi) is 5.06. The number of ether oxygens (including phenoxy) is 1. The number of carbonyl (C=O) groups excluding carboxylic acids is 1. The van der Waals surface area contributed by atoms with Crippen molar-refractivity contribution in [1.82, 2.24) is 0 Å². The highest BCUT2D eigenvalue weighted by atomic mass is 79.9. The van der Waals surface area contributed by atoms with Crippen molar-refractivity contribution in [3.05, 3.63) is 104 Å². The molecule has 160 valence electrons. The van der Waals surface area contributed by atoms with Crippen molar-refractivity contribution in [3.8, 4) is 5.75 Å². The third-order valence-corrected chi connectivity index (χ3v) is 5.94. The van der Waals surface area contributed by atoms with Gasteiger partial charge in [0.2, 0.25) is 5.76 Å². The first-order valence-corrected chi connectivity index (χ1v) is 10.9. The van der Waals surface area contributed by atoms with Crippen molar-refractivity contribution >= 4 is 38.5 Å². The quantitative estimate of drug-likeness (QED) is 0.358. The number of rotatable bonds is 4. The Morgan fingerprint density at radius 1 is 1.03 bits per heavy atom. The lowest BCUT2D eigenvalue weighted by atomic mass is 9.98. The zero-order valence-electron chi connectivity index (χ0n) is 17.0. The maximum absolute atomic E-state index is 13.6. The SMILES string of the molecule is CCOc1ccc(C2c3c(oc4ccc(Br)cc4c3=O)C(=O)N2c2ccc(F)cc2)cc1. The van der Waals surface area contributed by atoms with Gasteiger partial charge in [0.15, 0.2) is 5.43 Å². The van der Waals surface area contributed by atoms with Crippen molar-refractivity contribution in [2.24, 2.45) is 0 Å². The predicted molar refractivity (Wildman–Crippen MR) is 123 cm³/mol. The summed E-state index contributed by atoms with van der Waals surface area (Å²) >= 11 is 3.39. The molecule has 1 unspecified atom stereocenters. The molecule has 0 N–H and O–H groups in total. The second-order valence-electron chi connectivity index (χ2n) is 7.37. The molecule has 0 radical (unpaired) electrons. The first kappa shape index (κ1) is 20.5. The number of amides is 1. The second kappa shape index (κ2) is 7.91. The highest BCUT2D eigenvalue weighted by Crippen LogP contribution is 2.41. The summed E-state index contributed by atoms with van der Waals surface area (Å²) in [5.74, 6) is -0.190. The third-order valence-electron chi connectivity index (χ3n) is 5.44. The van der Waals surface area contributed by atoms with Crippen LogP contribution in [0.3, 0.4) is 0 Å². The molecule has 1 aromatic heterocycles. The van der Waals surface area contributed by atoms with E-state index in [-0.39, 0.29) is 16.8 Å². The molecule has 7 heteroatoms. The number of hydrogen-bond donors (Lipinski definition) is 0. The lowest BCUT2D eigenvalue weighted by Gasteiger charge is -2.25. The first-order chi connectivity index (χ1) is 15.5. The van der Waals surface area contributed by atoms with Gasteiger partial charge in [-0.05, 0) is 67.1 Å². The molecule has 5 rings (SSSR count). The van der Waals surface area contributed by atoms with Crippen LogP contribution in [0.15, 0.2) is 80.4 Å². The Morgan fingerprint density at radius 2 is 1.75 bits per heavy atom. The van der Waals surface area contributed by atoms with E-state index in [2.05, 4.69) is 15.9 Å². The van der Waals surface area contributed by atoms with Gasteiger partial charge in [-0.1, -0.05) is 28.1 Å². The molecule has 3 aromatic carbocycles. The highest BCUT2D eigenvalue weighted by molar-refractivity contribution is 9.10. The summed E-state index contributed by atoms with van der Waals surface area (Å²) in [4.78, 5) is 28.5. The molecule has 0 saturated carbocycles. The summed E-state index contributed by atoms with van der Waals surface area (Å²) in [6.07, 6.45) is 0. The van der Waals surface area contributed by atoms with E-state index in [1.54, 1.807) is 30.3 Å². The van der Waals surface area contributed by atoms with Crippen LogP contribution in [0, 0.1) is 5.82 Å². The lowest BCUT2D eigenvalue weighted by Crippen LogP contribution is -2.29. The Balaban J connectivity index is 1.76. The molecule has 2 heterocycles. The van der Waals surface area contributed by atoms with Crippen LogP contribution in [0.2, 0.25) is 0 Å². The minimum absolute atomic E-state index is 0.00645. The van der Waals surface area contributed by atoms with Crippen LogP contribution in [0.25, 0.3) is 11.0 Å². The monoisotopic (exact) mass is 493 g/mol. The van der Waals surface area contributed by atoms with Gasteiger partial charge in [0.25, 0.3) is 5.91 Å². The molecule has 5 nitrogen and oxygen atoms in total. The fourth-order valence-electron chi connectivity index (χ4n) is 4.04. The van der Waals surface area contributed by atoms with E-state index in [0.29, 0.717) is 34.6 Å². The minimum atomic E-state index is -0.724. The summed E-state index contributed by atoms with van der Waals surface area (Å²) in [5, 5.41) is 0.378. The zero-order chi connectivity index (χ0) is 22.4. The van der Waals surface area contributed by atoms with Gasteiger partial charge < -0.3 is 9.15 Å². The summed E-state index contributed by atoms with van der Waals surface area (Å²) in [6.45, 7) is 2.42. The van der Waals surface area contributed by atoms with Gasteiger partial charge in [0, 0.05) is 10.2 Å². The van der Waals surface area contributed by atoms with E-state index in [4.69, 9.17) is 9.15 Å². The largest absolute Gasteiger partial charge is 0.494 e. The van der Waals surface area contributed by atoms with E-state index in [1.165, 1.54) is 29.2 Å². The number of nitrogens with zero attached hydrogens (tertiary/aromatic N) is 1. The molecule has 0 aliphatic carbocycles. The predicted octanol–water partition coefficient (Wildman–Crippen LogP) is 5.84. The normalized spacial score (nSPS) is 15.3. The molecule has 32 heavy (non-hydrogen) atoms. The van der Waals surface area contributed by atoms with Crippen molar-refractivity contribution in [2.45, 2.75) is 13.0 Å². The Bertz CT molecular complexity index is 1400. The summed E-state index contributed by atoms with van der Waals surface area (Å²) < 4.78 is 25.8. The Labute approximate surface area is 191 Å². The van der Waals surface area contributed by atoms with Crippen LogP contribution in [-0.2, 0) is 0 Å². The van der Waals surface area contributed by atoms with Crippen molar-refractivity contribution in [2.75, 3.05) is 11.5 Å². The van der Waals surface area contributed by atoms with Crippen LogP contribution >= 0.6 is 15.9 Å². The molecule has 1 aliphatic rings. The van der Waals surface area contributed by atoms with E-state index in [1.807, 2.05) is 19.1 Å². The van der Waals surface area contributed by atoms with Gasteiger partial charge >= 0.3 is 0 Å². The van der Waals surface area contributed by atoms with Crippen molar-refractivity contribution < 1.29 is 18.3 Å². The van der Waals surface area contributed by atoms with E-state index >= 15 is 0 Å². The number of fused-ring (bicyclic) bond motifs is 2. The summed E-state index contributed by atoms with van der Waals surface area (Å²) in [7, 11) is 0. The molecule has 0 saturated heterocycles. The molecule has 1 atom stereocenters. The first-order valence-electron chi connectivity index (χ1n) is 10.1. The Hall–Kier alpha value is -3.45. The fraction of sp³-hybridized carbons (Fsp3) is 0.120. The molecular formula is C25H17BrFNO4. The molecule has 0 fully saturated rings. The van der Waals surface area contributed by atoms with Crippen molar-refractivity contribution in [1.29, 1.82) is 0 Å². The van der Waals surface area contributed by atoms with E-state index in [0.717, 1.165) is 4.47 Å². The van der Waals surface area contributed by atoms with Gasteiger partial charge in [0.05, 0.1) is 23.6 Å². The number of hydrogen-bond acceptors (Lipinski definition) is 4. The maximum Gasteiger partial charge on any atom is 0.295 e. The fourth-order valence-corrected chi connectivity index (χ4v) is 4.40. The topological polar surface area (TPSA) is 59.8 Å². The smallest absolute Gasteiger partial charge is 0.295 e. The molecular weight excluding hydrogens is 477 g/mol. The Morgan fingerprint density at radius 3 is 2.44 bits per heavy atom. The highest BCUT2D eigenvalue weighted by Gasteiger charge is 2.43. The van der Waals surface area contributed by atoms with E-state index < -0.39 is 17.8 Å². The van der Waals surface area contributed by atoms with Crippen LogP contribution in [0.1, 0.15) is 34.6 Å². The number of halogens is 2. The van der Waals surface area contributed by atoms with Gasteiger partial charge in [-0.15, -0.1) is 0 Å². The molecule has 0 bridgehead atoms. The molecule has 0 spiro atoms. The minimum Gasteiger partial charge on any atom is -0.494 e. The maximum atomic E-state index is 13.6. The van der Waals surface area contributed by atoms with Crippen molar-refractivity contribution in [3.63, 3.8) is 0 Å². The van der Waals surface area contributed by atoms with Gasteiger partial charge in [-0.25, -0.2) is 4.39 Å². The number of anilines is 1. The molecule has 4 aromatic rings. The van der Waals surface area contributed by atoms with Crippen LogP contribution < -0.4 is 15.1 Å².